The first-order valence-electron chi connectivity index (χ1n) is 5.79. The Labute approximate surface area is 102 Å². The van der Waals surface area contributed by atoms with Crippen molar-refractivity contribution in [3.05, 3.63) is 35.9 Å². The van der Waals surface area contributed by atoms with Crippen LogP contribution in [0.1, 0.15) is 12.5 Å². The summed E-state index contributed by atoms with van der Waals surface area (Å²) in [5.41, 5.74) is 1.10. The van der Waals surface area contributed by atoms with Gasteiger partial charge in [0.05, 0.1) is 18.7 Å². The average molecular weight is 236 g/mol. The van der Waals surface area contributed by atoms with E-state index in [0.29, 0.717) is 6.42 Å². The molecule has 17 heavy (non-hydrogen) atoms. The molecule has 0 radical (unpaired) electrons. The van der Waals surface area contributed by atoms with Gasteiger partial charge < -0.3 is 15.7 Å². The lowest BCUT2D eigenvalue weighted by molar-refractivity contribution is -0.123. The molecular formula is C13H20N2O2. The summed E-state index contributed by atoms with van der Waals surface area (Å²) in [6.07, 6.45) is 0.638. The third-order valence-corrected chi connectivity index (χ3v) is 2.72. The van der Waals surface area contributed by atoms with Gasteiger partial charge in [0, 0.05) is 0 Å². The van der Waals surface area contributed by atoms with Crippen LogP contribution in [0.3, 0.4) is 0 Å². The van der Waals surface area contributed by atoms with E-state index in [0.717, 1.165) is 5.56 Å². The zero-order valence-electron chi connectivity index (χ0n) is 10.3. The molecule has 0 aromatic heterocycles. The predicted octanol–water partition coefficient (Wildman–Crippen LogP) is 0.314. The minimum Gasteiger partial charge on any atom is -0.394 e. The molecule has 0 spiro atoms. The maximum absolute atomic E-state index is 11.6. The van der Waals surface area contributed by atoms with E-state index in [1.807, 2.05) is 30.3 Å². The van der Waals surface area contributed by atoms with Crippen LogP contribution < -0.4 is 10.6 Å². The van der Waals surface area contributed by atoms with Crippen LogP contribution in [-0.4, -0.2) is 36.8 Å². The van der Waals surface area contributed by atoms with E-state index < -0.39 is 0 Å². The van der Waals surface area contributed by atoms with E-state index in [2.05, 4.69) is 10.6 Å². The second-order valence-electron chi connectivity index (χ2n) is 4.09. The molecular weight excluding hydrogens is 216 g/mol. The summed E-state index contributed by atoms with van der Waals surface area (Å²) in [5.74, 6) is -0.0949. The van der Waals surface area contributed by atoms with Crippen molar-refractivity contribution in [2.24, 2.45) is 0 Å². The van der Waals surface area contributed by atoms with Gasteiger partial charge in [-0.3, -0.25) is 4.79 Å². The van der Waals surface area contributed by atoms with E-state index in [1.54, 1.807) is 14.0 Å². The van der Waals surface area contributed by atoms with Crippen LogP contribution in [0.4, 0.5) is 0 Å². The molecule has 3 N–H and O–H groups in total. The second-order valence-corrected chi connectivity index (χ2v) is 4.09. The van der Waals surface area contributed by atoms with Crippen molar-refractivity contribution in [2.75, 3.05) is 13.7 Å². The molecule has 1 rings (SSSR count). The first kappa shape index (κ1) is 13.7. The van der Waals surface area contributed by atoms with Gasteiger partial charge >= 0.3 is 0 Å². The third kappa shape index (κ3) is 4.54. The zero-order chi connectivity index (χ0) is 12.7. The summed E-state index contributed by atoms with van der Waals surface area (Å²) in [6.45, 7) is 1.73. The van der Waals surface area contributed by atoms with Gasteiger partial charge in [0.15, 0.2) is 0 Å². The number of rotatable bonds is 6. The predicted molar refractivity (Wildman–Crippen MR) is 67.7 cm³/mol. The lowest BCUT2D eigenvalue weighted by atomic mass is 10.1. The van der Waals surface area contributed by atoms with Gasteiger partial charge in [0.25, 0.3) is 0 Å². The lowest BCUT2D eigenvalue weighted by Crippen LogP contribution is -2.47. The van der Waals surface area contributed by atoms with Crippen LogP contribution in [0.25, 0.3) is 0 Å². The SMILES string of the molecule is CNC(C)C(=O)NC(CO)Cc1ccccc1. The Kier molecular flexibility index (Phi) is 5.66. The molecule has 4 heteroatoms. The number of aliphatic hydroxyl groups is 1. The smallest absolute Gasteiger partial charge is 0.237 e. The summed E-state index contributed by atoms with van der Waals surface area (Å²) >= 11 is 0. The maximum Gasteiger partial charge on any atom is 0.237 e. The Bertz CT molecular complexity index is 341. The van der Waals surface area contributed by atoms with Crippen LogP contribution in [0.2, 0.25) is 0 Å². The minimum atomic E-state index is -0.250. The number of likely N-dealkylation sites (N-methyl/N-ethyl adjacent to an activating group) is 1. The van der Waals surface area contributed by atoms with Gasteiger partial charge in [-0.25, -0.2) is 0 Å². The van der Waals surface area contributed by atoms with E-state index in [1.165, 1.54) is 0 Å². The number of hydrogen-bond donors (Lipinski definition) is 3. The van der Waals surface area contributed by atoms with Crippen molar-refractivity contribution in [2.45, 2.75) is 25.4 Å². The highest BCUT2D eigenvalue weighted by molar-refractivity contribution is 5.81. The fourth-order valence-electron chi connectivity index (χ4n) is 1.52. The zero-order valence-corrected chi connectivity index (χ0v) is 10.3. The molecule has 0 saturated carbocycles. The highest BCUT2D eigenvalue weighted by Gasteiger charge is 2.15. The van der Waals surface area contributed by atoms with Crippen LogP contribution in [-0.2, 0) is 11.2 Å². The van der Waals surface area contributed by atoms with Crippen molar-refractivity contribution in [3.63, 3.8) is 0 Å². The molecule has 1 aromatic carbocycles. The monoisotopic (exact) mass is 236 g/mol. The molecule has 1 amide bonds. The van der Waals surface area contributed by atoms with E-state index in [-0.39, 0.29) is 24.6 Å². The molecule has 0 bridgehead atoms. The number of carbonyl (C=O) groups excluding carboxylic acids is 1. The number of benzene rings is 1. The number of nitrogens with one attached hydrogen (secondary N) is 2. The standard InChI is InChI=1S/C13H20N2O2/c1-10(14-2)13(17)15-12(9-16)8-11-6-4-3-5-7-11/h3-7,10,12,14,16H,8-9H2,1-2H3,(H,15,17). The van der Waals surface area contributed by atoms with Crippen molar-refractivity contribution >= 4 is 5.91 Å². The van der Waals surface area contributed by atoms with Gasteiger partial charge in [-0.15, -0.1) is 0 Å². The molecule has 0 aliphatic heterocycles. The third-order valence-electron chi connectivity index (χ3n) is 2.72. The molecule has 0 heterocycles. The van der Waals surface area contributed by atoms with E-state index in [9.17, 15) is 9.90 Å². The van der Waals surface area contributed by atoms with Gasteiger partial charge in [-0.05, 0) is 26.0 Å². The quantitative estimate of drug-likeness (QED) is 0.666. The molecule has 0 fully saturated rings. The van der Waals surface area contributed by atoms with Crippen molar-refractivity contribution in [1.29, 1.82) is 0 Å². The number of amides is 1. The maximum atomic E-state index is 11.6. The molecule has 2 unspecified atom stereocenters. The molecule has 94 valence electrons. The van der Waals surface area contributed by atoms with Gasteiger partial charge in [0.1, 0.15) is 0 Å². The number of carbonyl (C=O) groups is 1. The first-order valence-corrected chi connectivity index (χ1v) is 5.79. The summed E-state index contributed by atoms with van der Waals surface area (Å²) in [4.78, 5) is 11.6. The van der Waals surface area contributed by atoms with Gasteiger partial charge in [-0.1, -0.05) is 30.3 Å². The number of aliphatic hydroxyl groups excluding tert-OH is 1. The van der Waals surface area contributed by atoms with Crippen LogP contribution in [0, 0.1) is 0 Å². The van der Waals surface area contributed by atoms with E-state index in [4.69, 9.17) is 0 Å². The Hall–Kier alpha value is -1.39. The highest BCUT2D eigenvalue weighted by Crippen LogP contribution is 2.03. The molecule has 2 atom stereocenters. The Balaban J connectivity index is 2.52. The van der Waals surface area contributed by atoms with Crippen molar-refractivity contribution in [1.82, 2.24) is 10.6 Å². The molecule has 0 aliphatic carbocycles. The fourth-order valence-corrected chi connectivity index (χ4v) is 1.52. The average Bonchev–Trinajstić information content (AvgIpc) is 2.38. The van der Waals surface area contributed by atoms with E-state index >= 15 is 0 Å². The minimum absolute atomic E-state index is 0.0585. The molecule has 1 aromatic rings. The Morgan fingerprint density at radius 3 is 2.53 bits per heavy atom. The topological polar surface area (TPSA) is 61.4 Å². The van der Waals surface area contributed by atoms with Crippen molar-refractivity contribution in [3.8, 4) is 0 Å². The Morgan fingerprint density at radius 1 is 1.35 bits per heavy atom. The highest BCUT2D eigenvalue weighted by atomic mass is 16.3. The fraction of sp³-hybridized carbons (Fsp3) is 0.462. The van der Waals surface area contributed by atoms with Crippen LogP contribution in [0.15, 0.2) is 30.3 Å². The van der Waals surface area contributed by atoms with Gasteiger partial charge in [-0.2, -0.15) is 0 Å². The van der Waals surface area contributed by atoms with Crippen LogP contribution >= 0.6 is 0 Å². The van der Waals surface area contributed by atoms with Crippen LogP contribution in [0.5, 0.6) is 0 Å². The summed E-state index contributed by atoms with van der Waals surface area (Å²) in [5, 5.41) is 14.9. The number of hydrogen-bond acceptors (Lipinski definition) is 3. The molecule has 4 nitrogen and oxygen atoms in total. The first-order chi connectivity index (χ1) is 8.17. The van der Waals surface area contributed by atoms with Gasteiger partial charge in [0.2, 0.25) is 5.91 Å². The summed E-state index contributed by atoms with van der Waals surface area (Å²) in [7, 11) is 1.73. The van der Waals surface area contributed by atoms with Crippen molar-refractivity contribution < 1.29 is 9.90 Å². The largest absolute Gasteiger partial charge is 0.394 e. The Morgan fingerprint density at radius 2 is 2.00 bits per heavy atom. The summed E-state index contributed by atoms with van der Waals surface area (Å²) < 4.78 is 0. The summed E-state index contributed by atoms with van der Waals surface area (Å²) in [6, 6.07) is 9.32. The normalized spacial score (nSPS) is 14.1. The second kappa shape index (κ2) is 7.04. The molecule has 0 aliphatic rings. The molecule has 0 saturated heterocycles. The lowest BCUT2D eigenvalue weighted by Gasteiger charge is -2.19.